The molecule has 0 aliphatic rings. The largest absolute Gasteiger partial charge is 0.367 e. The summed E-state index contributed by atoms with van der Waals surface area (Å²) in [5.41, 5.74) is 3.44. The van der Waals surface area contributed by atoms with Crippen molar-refractivity contribution in [3.63, 3.8) is 0 Å². The smallest absolute Gasteiger partial charge is 0.165 e. The molecular formula is C15H20N4S. The molecule has 106 valence electrons. The Balaban J connectivity index is 2.02. The number of hydrogen-bond donors (Lipinski definition) is 2. The summed E-state index contributed by atoms with van der Waals surface area (Å²) in [6.07, 6.45) is 1.15. The molecule has 0 aliphatic heterocycles. The van der Waals surface area contributed by atoms with Crippen LogP contribution in [0.15, 0.2) is 6.07 Å². The van der Waals surface area contributed by atoms with Gasteiger partial charge < -0.3 is 5.32 Å². The van der Waals surface area contributed by atoms with Crippen molar-refractivity contribution in [1.29, 1.82) is 0 Å². The van der Waals surface area contributed by atoms with Gasteiger partial charge in [-0.2, -0.15) is 5.10 Å². The normalized spacial score (nSPS) is 11.8. The Morgan fingerprint density at radius 1 is 1.35 bits per heavy atom. The highest BCUT2D eigenvalue weighted by molar-refractivity contribution is 7.26. The topological polar surface area (TPSA) is 53.6 Å². The van der Waals surface area contributed by atoms with Crippen molar-refractivity contribution in [3.8, 4) is 0 Å². The van der Waals surface area contributed by atoms with Gasteiger partial charge in [-0.3, -0.25) is 5.10 Å². The maximum absolute atomic E-state index is 4.64. The number of aryl methyl sites for hydroxylation is 2. The van der Waals surface area contributed by atoms with Gasteiger partial charge in [-0.15, -0.1) is 11.3 Å². The van der Waals surface area contributed by atoms with E-state index >= 15 is 0 Å². The zero-order chi connectivity index (χ0) is 14.3. The zero-order valence-corrected chi connectivity index (χ0v) is 13.2. The van der Waals surface area contributed by atoms with Crippen LogP contribution in [0.3, 0.4) is 0 Å². The number of anilines is 1. The van der Waals surface area contributed by atoms with E-state index in [4.69, 9.17) is 0 Å². The van der Waals surface area contributed by atoms with Crippen LogP contribution in [0.4, 0.5) is 5.82 Å². The lowest BCUT2D eigenvalue weighted by molar-refractivity contribution is 0.607. The minimum Gasteiger partial charge on any atom is -0.367 e. The van der Waals surface area contributed by atoms with Crippen LogP contribution in [0.1, 0.15) is 31.5 Å². The van der Waals surface area contributed by atoms with Crippen LogP contribution in [0.5, 0.6) is 0 Å². The summed E-state index contributed by atoms with van der Waals surface area (Å²) in [5, 5.41) is 12.2. The van der Waals surface area contributed by atoms with Crippen molar-refractivity contribution in [2.75, 3.05) is 11.9 Å². The lowest BCUT2D eigenvalue weighted by Gasteiger charge is -2.04. The van der Waals surface area contributed by atoms with Crippen LogP contribution >= 0.6 is 11.3 Å². The maximum atomic E-state index is 4.64. The average Bonchev–Trinajstić information content (AvgIpc) is 2.87. The molecule has 3 heterocycles. The third kappa shape index (κ3) is 2.26. The first-order valence-corrected chi connectivity index (χ1v) is 7.86. The molecule has 5 heteroatoms. The second-order valence-corrected chi connectivity index (χ2v) is 6.75. The predicted molar refractivity (Wildman–Crippen MR) is 86.7 cm³/mol. The number of aromatic nitrogens is 3. The summed E-state index contributed by atoms with van der Waals surface area (Å²) >= 11 is 1.71. The second kappa shape index (κ2) is 5.05. The first-order valence-electron chi connectivity index (χ1n) is 7.05. The SMILES string of the molecule is Cc1cc(C)c2c(n1)sc1c(NCCC(C)C)n[nH]c12. The molecule has 3 aromatic rings. The molecule has 2 N–H and O–H groups in total. The van der Waals surface area contributed by atoms with Crippen molar-refractivity contribution in [3.05, 3.63) is 17.3 Å². The van der Waals surface area contributed by atoms with Gasteiger partial charge in [-0.05, 0) is 37.8 Å². The summed E-state index contributed by atoms with van der Waals surface area (Å²) in [7, 11) is 0. The monoisotopic (exact) mass is 288 g/mol. The number of aromatic amines is 1. The van der Waals surface area contributed by atoms with Crippen LogP contribution in [0.25, 0.3) is 20.4 Å². The van der Waals surface area contributed by atoms with Gasteiger partial charge in [-0.25, -0.2) is 4.98 Å². The van der Waals surface area contributed by atoms with Crippen molar-refractivity contribution in [1.82, 2.24) is 15.2 Å². The maximum Gasteiger partial charge on any atom is 0.165 e. The quantitative estimate of drug-likeness (QED) is 0.754. The van der Waals surface area contributed by atoms with Gasteiger partial charge in [0.1, 0.15) is 4.83 Å². The Hall–Kier alpha value is -1.62. The van der Waals surface area contributed by atoms with E-state index in [2.05, 4.69) is 47.3 Å². The number of pyridine rings is 1. The Kier molecular flexibility index (Phi) is 3.38. The number of H-pyrrole nitrogens is 1. The zero-order valence-electron chi connectivity index (χ0n) is 12.4. The van der Waals surface area contributed by atoms with E-state index in [1.807, 2.05) is 6.92 Å². The number of nitrogens with zero attached hydrogens (tertiary/aromatic N) is 2. The van der Waals surface area contributed by atoms with Gasteiger partial charge >= 0.3 is 0 Å². The minimum absolute atomic E-state index is 0.700. The lowest BCUT2D eigenvalue weighted by atomic mass is 10.1. The lowest BCUT2D eigenvalue weighted by Crippen LogP contribution is -2.04. The summed E-state index contributed by atoms with van der Waals surface area (Å²) in [4.78, 5) is 5.73. The van der Waals surface area contributed by atoms with E-state index < -0.39 is 0 Å². The molecule has 0 saturated carbocycles. The first-order chi connectivity index (χ1) is 9.56. The van der Waals surface area contributed by atoms with Crippen LogP contribution in [-0.2, 0) is 0 Å². The number of hydrogen-bond acceptors (Lipinski definition) is 4. The van der Waals surface area contributed by atoms with Gasteiger partial charge in [0, 0.05) is 17.6 Å². The molecule has 0 bridgehead atoms. The molecule has 0 fully saturated rings. The fourth-order valence-corrected chi connectivity index (χ4v) is 3.69. The fraction of sp³-hybridized carbons (Fsp3) is 0.467. The molecule has 20 heavy (non-hydrogen) atoms. The van der Waals surface area contributed by atoms with E-state index in [1.165, 1.54) is 15.6 Å². The molecule has 0 atom stereocenters. The van der Waals surface area contributed by atoms with E-state index in [0.29, 0.717) is 5.92 Å². The summed E-state index contributed by atoms with van der Waals surface area (Å²) in [6.45, 7) is 9.60. The highest BCUT2D eigenvalue weighted by atomic mass is 32.1. The third-order valence-electron chi connectivity index (χ3n) is 3.50. The summed E-state index contributed by atoms with van der Waals surface area (Å²) in [6, 6.07) is 2.13. The molecule has 3 aromatic heterocycles. The van der Waals surface area contributed by atoms with Gasteiger partial charge in [0.15, 0.2) is 5.82 Å². The Morgan fingerprint density at radius 2 is 2.15 bits per heavy atom. The van der Waals surface area contributed by atoms with Crippen LogP contribution in [-0.4, -0.2) is 21.7 Å². The third-order valence-corrected chi connectivity index (χ3v) is 4.59. The van der Waals surface area contributed by atoms with E-state index in [1.54, 1.807) is 11.3 Å². The highest BCUT2D eigenvalue weighted by Crippen LogP contribution is 2.37. The van der Waals surface area contributed by atoms with Crippen LogP contribution in [0, 0.1) is 19.8 Å². The van der Waals surface area contributed by atoms with Gasteiger partial charge in [0.25, 0.3) is 0 Å². The van der Waals surface area contributed by atoms with Gasteiger partial charge in [0.05, 0.1) is 10.2 Å². The molecule has 4 nitrogen and oxygen atoms in total. The second-order valence-electron chi connectivity index (χ2n) is 5.75. The minimum atomic E-state index is 0.700. The Bertz CT molecular complexity index is 754. The molecule has 3 rings (SSSR count). The van der Waals surface area contributed by atoms with E-state index in [9.17, 15) is 0 Å². The van der Waals surface area contributed by atoms with E-state index in [-0.39, 0.29) is 0 Å². The van der Waals surface area contributed by atoms with Gasteiger partial charge in [0.2, 0.25) is 0 Å². The predicted octanol–water partition coefficient (Wildman–Crippen LogP) is 4.25. The Morgan fingerprint density at radius 3 is 2.90 bits per heavy atom. The Labute approximate surface area is 122 Å². The number of fused-ring (bicyclic) bond motifs is 3. The molecule has 0 spiro atoms. The molecule has 0 aromatic carbocycles. The fourth-order valence-electron chi connectivity index (χ4n) is 2.48. The molecule has 0 saturated heterocycles. The number of rotatable bonds is 4. The first kappa shape index (κ1) is 13.4. The molecule has 0 aliphatic carbocycles. The molecule has 0 amide bonds. The van der Waals surface area contributed by atoms with Crippen molar-refractivity contribution in [2.24, 2.45) is 5.92 Å². The molecular weight excluding hydrogens is 268 g/mol. The van der Waals surface area contributed by atoms with E-state index in [0.717, 1.165) is 34.8 Å². The standard InChI is InChI=1S/C15H20N4S/c1-8(2)5-6-16-14-13-12(18-19-14)11-9(3)7-10(4)17-15(11)20-13/h7-8H,5-6H2,1-4H3,(H2,16,18,19). The van der Waals surface area contributed by atoms with Crippen molar-refractivity contribution in [2.45, 2.75) is 34.1 Å². The number of thiophene rings is 1. The van der Waals surface area contributed by atoms with Crippen molar-refractivity contribution >= 4 is 37.6 Å². The van der Waals surface area contributed by atoms with Crippen molar-refractivity contribution < 1.29 is 0 Å². The molecule has 0 radical (unpaired) electrons. The van der Waals surface area contributed by atoms with Crippen LogP contribution < -0.4 is 5.32 Å². The van der Waals surface area contributed by atoms with Crippen LogP contribution in [0.2, 0.25) is 0 Å². The highest BCUT2D eigenvalue weighted by Gasteiger charge is 2.15. The average molecular weight is 288 g/mol. The number of nitrogens with one attached hydrogen (secondary N) is 2. The molecule has 0 unspecified atom stereocenters. The van der Waals surface area contributed by atoms with Gasteiger partial charge in [-0.1, -0.05) is 13.8 Å². The summed E-state index contributed by atoms with van der Waals surface area (Å²) < 4.78 is 1.19. The summed E-state index contributed by atoms with van der Waals surface area (Å²) in [5.74, 6) is 1.66.